The topological polar surface area (TPSA) is 84.7 Å². The van der Waals surface area contributed by atoms with Crippen molar-refractivity contribution in [2.45, 2.75) is 13.8 Å². The van der Waals surface area contributed by atoms with Gasteiger partial charge in [0, 0.05) is 25.2 Å². The Morgan fingerprint density at radius 2 is 2.08 bits per heavy atom. The van der Waals surface area contributed by atoms with Crippen LogP contribution in [0.2, 0.25) is 0 Å². The minimum Gasteiger partial charge on any atom is -0.466 e. The van der Waals surface area contributed by atoms with Crippen LogP contribution in [0, 0.1) is 15.5 Å². The highest BCUT2D eigenvalue weighted by molar-refractivity contribution is 5.87. The molecule has 0 saturated heterocycles. The Balaban J connectivity index is 2.94. The number of anilines is 1. The van der Waals surface area contributed by atoms with E-state index in [2.05, 4.69) is 28.8 Å². The van der Waals surface area contributed by atoms with Crippen LogP contribution in [-0.2, 0) is 9.53 Å². The van der Waals surface area contributed by atoms with Crippen LogP contribution in [0.5, 0.6) is 0 Å². The fourth-order valence-corrected chi connectivity index (χ4v) is 2.43. The van der Waals surface area contributed by atoms with Gasteiger partial charge < -0.3 is 15.0 Å². The highest BCUT2D eigenvalue weighted by atomic mass is 16.6. The number of ether oxygens (including phenoxy) is 1. The van der Waals surface area contributed by atoms with Gasteiger partial charge >= 0.3 is 5.97 Å². The van der Waals surface area contributed by atoms with E-state index in [9.17, 15) is 14.9 Å². The van der Waals surface area contributed by atoms with Crippen LogP contribution in [-0.4, -0.2) is 50.1 Å². The number of nitro groups is 1. The molecule has 0 fully saturated rings. The van der Waals surface area contributed by atoms with Crippen LogP contribution in [0.1, 0.15) is 19.4 Å². The third-order valence-electron chi connectivity index (χ3n) is 3.33. The highest BCUT2D eigenvalue weighted by Crippen LogP contribution is 2.28. The summed E-state index contributed by atoms with van der Waals surface area (Å²) in [6.45, 7) is 5.65. The molecular formula is C17H25N3O4. The number of benzene rings is 1. The summed E-state index contributed by atoms with van der Waals surface area (Å²) >= 11 is 0. The maximum atomic E-state index is 11.3. The SMILES string of the molecule is COC(=O)/C=C/c1ccc(NCC(C)(C)CN(C)C)c([N+](=O)[O-])c1. The van der Waals surface area contributed by atoms with Crippen molar-refractivity contribution < 1.29 is 14.5 Å². The maximum Gasteiger partial charge on any atom is 0.330 e. The molecule has 0 spiro atoms. The molecule has 1 aromatic rings. The first-order valence-electron chi connectivity index (χ1n) is 7.58. The lowest BCUT2D eigenvalue weighted by molar-refractivity contribution is -0.384. The second-order valence-corrected chi connectivity index (χ2v) is 6.65. The van der Waals surface area contributed by atoms with Crippen molar-refractivity contribution in [3.8, 4) is 0 Å². The number of methoxy groups -OCH3 is 1. The van der Waals surface area contributed by atoms with Gasteiger partial charge in [-0.2, -0.15) is 0 Å². The van der Waals surface area contributed by atoms with Crippen LogP contribution < -0.4 is 5.32 Å². The van der Waals surface area contributed by atoms with Gasteiger partial charge in [-0.25, -0.2) is 4.79 Å². The van der Waals surface area contributed by atoms with Crippen molar-refractivity contribution in [1.29, 1.82) is 0 Å². The van der Waals surface area contributed by atoms with Gasteiger partial charge in [0.1, 0.15) is 5.69 Å². The van der Waals surface area contributed by atoms with Crippen molar-refractivity contribution in [2.24, 2.45) is 5.41 Å². The Kier molecular flexibility index (Phi) is 6.91. The zero-order chi connectivity index (χ0) is 18.3. The lowest BCUT2D eigenvalue weighted by atomic mass is 9.93. The molecule has 132 valence electrons. The van der Waals surface area contributed by atoms with Crippen LogP contribution in [0.4, 0.5) is 11.4 Å². The average molecular weight is 335 g/mol. The molecule has 0 bridgehead atoms. The fraction of sp³-hybridized carbons (Fsp3) is 0.471. The minimum atomic E-state index is -0.509. The van der Waals surface area contributed by atoms with Crippen LogP contribution in [0.3, 0.4) is 0 Å². The summed E-state index contributed by atoms with van der Waals surface area (Å²) in [6.07, 6.45) is 2.71. The van der Waals surface area contributed by atoms with Crippen LogP contribution in [0.25, 0.3) is 6.08 Å². The first-order chi connectivity index (χ1) is 11.1. The minimum absolute atomic E-state index is 0.0253. The number of nitrogens with one attached hydrogen (secondary N) is 1. The number of nitrogens with zero attached hydrogens (tertiary/aromatic N) is 2. The van der Waals surface area contributed by atoms with Crippen molar-refractivity contribution in [3.63, 3.8) is 0 Å². The monoisotopic (exact) mass is 335 g/mol. The lowest BCUT2D eigenvalue weighted by Gasteiger charge is -2.28. The number of carbonyl (C=O) groups excluding carboxylic acids is 1. The van der Waals surface area contributed by atoms with Gasteiger partial charge in [0.25, 0.3) is 5.69 Å². The molecule has 0 saturated carbocycles. The average Bonchev–Trinajstić information content (AvgIpc) is 2.49. The van der Waals surface area contributed by atoms with Crippen molar-refractivity contribution in [2.75, 3.05) is 39.6 Å². The van der Waals surface area contributed by atoms with Gasteiger partial charge in [-0.05, 0) is 37.2 Å². The first kappa shape index (κ1) is 19.6. The fourth-order valence-electron chi connectivity index (χ4n) is 2.43. The number of esters is 1. The van der Waals surface area contributed by atoms with E-state index in [1.165, 1.54) is 25.3 Å². The largest absolute Gasteiger partial charge is 0.466 e. The summed E-state index contributed by atoms with van der Waals surface area (Å²) in [7, 11) is 5.26. The molecule has 0 aliphatic carbocycles. The van der Waals surface area contributed by atoms with Gasteiger partial charge in [0.05, 0.1) is 12.0 Å². The molecule has 0 radical (unpaired) electrons. The number of hydrogen-bond acceptors (Lipinski definition) is 6. The summed E-state index contributed by atoms with van der Waals surface area (Å²) in [5.41, 5.74) is 0.954. The normalized spacial score (nSPS) is 11.8. The third kappa shape index (κ3) is 6.37. The molecule has 0 heterocycles. The quantitative estimate of drug-likeness (QED) is 0.340. The lowest BCUT2D eigenvalue weighted by Crippen LogP contribution is -2.34. The van der Waals surface area contributed by atoms with E-state index >= 15 is 0 Å². The van der Waals surface area contributed by atoms with E-state index in [0.29, 0.717) is 17.8 Å². The molecule has 1 aromatic carbocycles. The first-order valence-corrected chi connectivity index (χ1v) is 7.58. The summed E-state index contributed by atoms with van der Waals surface area (Å²) in [4.78, 5) is 24.1. The predicted octanol–water partition coefficient (Wildman–Crippen LogP) is 2.78. The highest BCUT2D eigenvalue weighted by Gasteiger charge is 2.21. The molecule has 24 heavy (non-hydrogen) atoms. The Morgan fingerprint density at radius 3 is 2.62 bits per heavy atom. The van der Waals surface area contributed by atoms with Crippen LogP contribution >= 0.6 is 0 Å². The molecule has 0 aromatic heterocycles. The second-order valence-electron chi connectivity index (χ2n) is 6.65. The summed E-state index contributed by atoms with van der Waals surface area (Å²) in [6, 6.07) is 4.80. The summed E-state index contributed by atoms with van der Waals surface area (Å²) < 4.78 is 4.51. The maximum absolute atomic E-state index is 11.3. The third-order valence-corrected chi connectivity index (χ3v) is 3.33. The Bertz CT molecular complexity index is 624. The van der Waals surface area contributed by atoms with E-state index in [-0.39, 0.29) is 11.1 Å². The Hall–Kier alpha value is -2.41. The van der Waals surface area contributed by atoms with Gasteiger partial charge in [-0.15, -0.1) is 0 Å². The van der Waals surface area contributed by atoms with E-state index in [0.717, 1.165) is 6.54 Å². The van der Waals surface area contributed by atoms with Gasteiger partial charge in [-0.1, -0.05) is 19.9 Å². The molecular weight excluding hydrogens is 310 g/mol. The number of nitro benzene ring substituents is 1. The summed E-state index contributed by atoms with van der Waals surface area (Å²) in [5.74, 6) is -0.509. The summed E-state index contributed by atoms with van der Waals surface area (Å²) in [5, 5.41) is 14.5. The van der Waals surface area contributed by atoms with Gasteiger partial charge in [0.2, 0.25) is 0 Å². The number of carbonyl (C=O) groups is 1. The van der Waals surface area contributed by atoms with Crippen LogP contribution in [0.15, 0.2) is 24.3 Å². The standard InChI is InChI=1S/C17H25N3O4/c1-17(2,12-19(3)4)11-18-14-8-6-13(7-9-16(21)24-5)10-15(14)20(22)23/h6-10,18H,11-12H2,1-5H3/b9-7+. The smallest absolute Gasteiger partial charge is 0.330 e. The molecule has 0 unspecified atom stereocenters. The molecule has 7 nitrogen and oxygen atoms in total. The molecule has 1 N–H and O–H groups in total. The second kappa shape index (κ2) is 8.44. The Morgan fingerprint density at radius 1 is 1.42 bits per heavy atom. The number of rotatable bonds is 8. The Labute approximate surface area is 142 Å². The zero-order valence-corrected chi connectivity index (χ0v) is 14.8. The molecule has 0 amide bonds. The van der Waals surface area contributed by atoms with E-state index in [1.54, 1.807) is 12.1 Å². The van der Waals surface area contributed by atoms with Gasteiger partial charge in [-0.3, -0.25) is 10.1 Å². The van der Waals surface area contributed by atoms with E-state index in [1.807, 2.05) is 14.1 Å². The van der Waals surface area contributed by atoms with E-state index < -0.39 is 10.9 Å². The van der Waals surface area contributed by atoms with Crippen molar-refractivity contribution in [1.82, 2.24) is 4.90 Å². The molecule has 7 heteroatoms. The molecule has 1 rings (SSSR count). The number of hydrogen-bond donors (Lipinski definition) is 1. The van der Waals surface area contributed by atoms with Crippen molar-refractivity contribution >= 4 is 23.4 Å². The molecule has 0 aliphatic rings. The van der Waals surface area contributed by atoms with Crippen molar-refractivity contribution in [3.05, 3.63) is 40.0 Å². The molecule has 0 aliphatic heterocycles. The zero-order valence-electron chi connectivity index (χ0n) is 14.8. The van der Waals surface area contributed by atoms with E-state index in [4.69, 9.17) is 0 Å². The van der Waals surface area contributed by atoms with Gasteiger partial charge in [0.15, 0.2) is 0 Å². The predicted molar refractivity (Wildman–Crippen MR) is 95.0 cm³/mol. The molecule has 0 atom stereocenters.